The lowest BCUT2D eigenvalue weighted by molar-refractivity contribution is 0.774. The van der Waals surface area contributed by atoms with Gasteiger partial charge in [0.1, 0.15) is 0 Å². The number of rotatable bonds is 0. The zero-order chi connectivity index (χ0) is 8.55. The molecule has 0 saturated heterocycles. The molecule has 0 heterocycles. The minimum absolute atomic E-state index is 0.611. The Kier molecular flexibility index (Phi) is 2.31. The van der Waals surface area contributed by atoms with Crippen molar-refractivity contribution >= 4 is 18.5 Å². The molecule has 0 saturated carbocycles. The van der Waals surface area contributed by atoms with Crippen LogP contribution in [0.4, 0.5) is 0 Å². The monoisotopic (exact) mass is 194 g/mol. The molecule has 62 valence electrons. The standard InChI is InChI=1S/C10H12P2/c11-8-5-1-3-7-4-2-6-9(12)10(7)8/h1-3,5-7H,4,11-12H2. The van der Waals surface area contributed by atoms with Crippen LogP contribution in [0.1, 0.15) is 6.42 Å². The van der Waals surface area contributed by atoms with Crippen molar-refractivity contribution in [2.45, 2.75) is 6.42 Å². The summed E-state index contributed by atoms with van der Waals surface area (Å²) >= 11 is 0. The van der Waals surface area contributed by atoms with Gasteiger partial charge in [0.05, 0.1) is 0 Å². The van der Waals surface area contributed by atoms with Crippen LogP contribution in [-0.2, 0) is 0 Å². The highest BCUT2D eigenvalue weighted by Gasteiger charge is 2.18. The Morgan fingerprint density at radius 2 is 2.17 bits per heavy atom. The van der Waals surface area contributed by atoms with Crippen LogP contribution in [0.25, 0.3) is 0 Å². The van der Waals surface area contributed by atoms with Gasteiger partial charge >= 0.3 is 0 Å². The molecule has 0 aromatic heterocycles. The molecule has 0 amide bonds. The summed E-state index contributed by atoms with van der Waals surface area (Å²) in [5.41, 5.74) is 1.47. The zero-order valence-corrected chi connectivity index (χ0v) is 9.14. The van der Waals surface area contributed by atoms with Crippen LogP contribution in [0.3, 0.4) is 0 Å². The lowest BCUT2D eigenvalue weighted by atomic mass is 9.88. The molecule has 2 aliphatic carbocycles. The van der Waals surface area contributed by atoms with Crippen molar-refractivity contribution < 1.29 is 0 Å². The van der Waals surface area contributed by atoms with Crippen LogP contribution in [0.15, 0.2) is 46.6 Å². The molecule has 3 atom stereocenters. The van der Waals surface area contributed by atoms with Crippen LogP contribution in [0.5, 0.6) is 0 Å². The second-order valence-corrected chi connectivity index (χ2v) is 4.36. The molecule has 3 unspecified atom stereocenters. The summed E-state index contributed by atoms with van der Waals surface area (Å²) < 4.78 is 0. The smallest absolute Gasteiger partial charge is 0.00679 e. The molecule has 0 fully saturated rings. The van der Waals surface area contributed by atoms with Gasteiger partial charge in [-0.25, -0.2) is 0 Å². The van der Waals surface area contributed by atoms with Gasteiger partial charge in [0.2, 0.25) is 0 Å². The minimum Gasteiger partial charge on any atom is -0.105 e. The summed E-state index contributed by atoms with van der Waals surface area (Å²) in [6.07, 6.45) is 12.1. The molecule has 0 aromatic rings. The molecule has 0 spiro atoms. The zero-order valence-electron chi connectivity index (χ0n) is 6.83. The largest absolute Gasteiger partial charge is 0.105 e. The average molecular weight is 194 g/mol. The molecular weight excluding hydrogens is 182 g/mol. The number of fused-ring (bicyclic) bond motifs is 1. The highest BCUT2D eigenvalue weighted by atomic mass is 31.0. The Labute approximate surface area is 77.9 Å². The molecule has 0 radical (unpaired) electrons. The van der Waals surface area contributed by atoms with Gasteiger partial charge in [-0.1, -0.05) is 30.4 Å². The van der Waals surface area contributed by atoms with Crippen LogP contribution >= 0.6 is 18.5 Å². The number of hydrogen-bond acceptors (Lipinski definition) is 0. The van der Waals surface area contributed by atoms with Crippen molar-refractivity contribution in [3.63, 3.8) is 0 Å². The van der Waals surface area contributed by atoms with Crippen molar-refractivity contribution in [3.05, 3.63) is 46.6 Å². The summed E-state index contributed by atoms with van der Waals surface area (Å²) in [4.78, 5) is 0. The molecule has 2 aliphatic rings. The third kappa shape index (κ3) is 1.35. The lowest BCUT2D eigenvalue weighted by Crippen LogP contribution is -2.07. The fourth-order valence-corrected chi connectivity index (χ4v) is 2.88. The third-order valence-corrected chi connectivity index (χ3v) is 3.31. The van der Waals surface area contributed by atoms with E-state index in [1.807, 2.05) is 0 Å². The molecule has 0 aromatic carbocycles. The minimum atomic E-state index is 0.611. The second-order valence-electron chi connectivity index (χ2n) is 3.12. The third-order valence-electron chi connectivity index (χ3n) is 2.30. The number of allylic oxidation sites excluding steroid dienone is 8. The summed E-state index contributed by atoms with van der Waals surface area (Å²) in [6.45, 7) is 0. The Morgan fingerprint density at radius 3 is 2.92 bits per heavy atom. The van der Waals surface area contributed by atoms with Gasteiger partial charge in [-0.3, -0.25) is 0 Å². The molecular formula is C10H12P2. The highest BCUT2D eigenvalue weighted by Crippen LogP contribution is 2.39. The first-order valence-corrected chi connectivity index (χ1v) is 5.25. The SMILES string of the molecule is PC1=CC=CC2CC=CC(P)=C12. The first-order valence-electron chi connectivity index (χ1n) is 4.09. The summed E-state index contributed by atoms with van der Waals surface area (Å²) in [6, 6.07) is 0. The van der Waals surface area contributed by atoms with Gasteiger partial charge in [0, 0.05) is 5.92 Å². The lowest BCUT2D eigenvalue weighted by Gasteiger charge is -2.24. The van der Waals surface area contributed by atoms with Gasteiger partial charge in [-0.05, 0) is 22.6 Å². The topological polar surface area (TPSA) is 0 Å². The van der Waals surface area contributed by atoms with Gasteiger partial charge in [-0.15, -0.1) is 18.5 Å². The van der Waals surface area contributed by atoms with E-state index in [4.69, 9.17) is 0 Å². The van der Waals surface area contributed by atoms with E-state index in [0.717, 1.165) is 6.42 Å². The fraction of sp³-hybridized carbons (Fsp3) is 0.200. The van der Waals surface area contributed by atoms with Crippen molar-refractivity contribution in [1.82, 2.24) is 0 Å². The second kappa shape index (κ2) is 3.29. The quantitative estimate of drug-likeness (QED) is 0.520. The van der Waals surface area contributed by atoms with Crippen molar-refractivity contribution in [3.8, 4) is 0 Å². The predicted molar refractivity (Wildman–Crippen MR) is 60.9 cm³/mol. The molecule has 0 N–H and O–H groups in total. The van der Waals surface area contributed by atoms with E-state index < -0.39 is 0 Å². The van der Waals surface area contributed by atoms with E-state index in [-0.39, 0.29) is 0 Å². The summed E-state index contributed by atoms with van der Waals surface area (Å²) in [5.74, 6) is 0.611. The fourth-order valence-electron chi connectivity index (χ4n) is 1.70. The van der Waals surface area contributed by atoms with Crippen molar-refractivity contribution in [2.24, 2.45) is 5.92 Å². The maximum atomic E-state index is 2.81. The summed E-state index contributed by atoms with van der Waals surface area (Å²) in [7, 11) is 5.61. The molecule has 0 nitrogen and oxygen atoms in total. The predicted octanol–water partition coefficient (Wildman–Crippen LogP) is 3.02. The van der Waals surface area contributed by atoms with E-state index in [1.165, 1.54) is 16.2 Å². The van der Waals surface area contributed by atoms with Gasteiger partial charge in [0.15, 0.2) is 0 Å². The van der Waals surface area contributed by atoms with Crippen molar-refractivity contribution in [2.75, 3.05) is 0 Å². The van der Waals surface area contributed by atoms with Crippen molar-refractivity contribution in [1.29, 1.82) is 0 Å². The maximum Gasteiger partial charge on any atom is 0.00679 e. The first-order chi connectivity index (χ1) is 5.79. The van der Waals surface area contributed by atoms with Crippen LogP contribution < -0.4 is 0 Å². The molecule has 12 heavy (non-hydrogen) atoms. The highest BCUT2D eigenvalue weighted by molar-refractivity contribution is 7.25. The molecule has 2 rings (SSSR count). The normalized spacial score (nSPS) is 27.2. The van der Waals surface area contributed by atoms with E-state index >= 15 is 0 Å². The Morgan fingerprint density at radius 1 is 1.33 bits per heavy atom. The van der Waals surface area contributed by atoms with E-state index in [9.17, 15) is 0 Å². The molecule has 0 bridgehead atoms. The summed E-state index contributed by atoms with van der Waals surface area (Å²) in [5, 5.41) is 2.66. The average Bonchev–Trinajstić information content (AvgIpc) is 2.04. The molecule has 0 aliphatic heterocycles. The van der Waals surface area contributed by atoms with Gasteiger partial charge in [0.25, 0.3) is 0 Å². The Bertz CT molecular complexity index is 319. The van der Waals surface area contributed by atoms with Gasteiger partial charge < -0.3 is 0 Å². The molecule has 2 heteroatoms. The van der Waals surface area contributed by atoms with E-state index in [1.54, 1.807) is 0 Å². The number of hydrogen-bond donors (Lipinski definition) is 0. The van der Waals surface area contributed by atoms with Crippen LogP contribution in [0, 0.1) is 5.92 Å². The Hall–Kier alpha value is -0.180. The van der Waals surface area contributed by atoms with Crippen LogP contribution in [-0.4, -0.2) is 0 Å². The van der Waals surface area contributed by atoms with E-state index in [2.05, 4.69) is 48.9 Å². The van der Waals surface area contributed by atoms with E-state index in [0.29, 0.717) is 5.92 Å². The first kappa shape index (κ1) is 8.42. The maximum absolute atomic E-state index is 2.81. The van der Waals surface area contributed by atoms with Gasteiger partial charge in [-0.2, -0.15) is 0 Å². The van der Waals surface area contributed by atoms with Crippen LogP contribution in [0.2, 0.25) is 0 Å². The Balaban J connectivity index is 2.49.